The summed E-state index contributed by atoms with van der Waals surface area (Å²) in [7, 11) is 0. The Morgan fingerprint density at radius 1 is 2.00 bits per heavy atom. The number of hydrogen-bond acceptors (Lipinski definition) is 3. The molecule has 5 heteroatoms. The highest BCUT2D eigenvalue weighted by molar-refractivity contribution is 7.92. The Kier molecular flexibility index (Phi) is 3.72. The molecule has 0 aromatic heterocycles. The minimum atomic E-state index is -1.09. The van der Waals surface area contributed by atoms with Crippen LogP contribution in [0.15, 0.2) is 0 Å². The molecule has 0 aliphatic heterocycles. The van der Waals surface area contributed by atoms with Crippen molar-refractivity contribution in [1.82, 2.24) is 4.72 Å². The Labute approximate surface area is 44.2 Å². The predicted molar refractivity (Wildman–Crippen MR) is 24.3 cm³/mol. The topological polar surface area (TPSA) is 49.3 Å². The molecule has 42 valence electrons. The van der Waals surface area contributed by atoms with Crippen LogP contribution in [0.1, 0.15) is 0 Å². The first-order valence-electron chi connectivity index (χ1n) is 1.46. The van der Waals surface area contributed by atoms with Crippen LogP contribution in [-0.4, -0.2) is 17.1 Å². The average molecular weight is 125 g/mol. The summed E-state index contributed by atoms with van der Waals surface area (Å²) >= 11 is 0.0948. The van der Waals surface area contributed by atoms with Crippen LogP contribution in [0.3, 0.4) is 0 Å². The van der Waals surface area contributed by atoms with Gasteiger partial charge in [-0.1, -0.05) is 0 Å². The molecular weight excluding hydrogens is 121 g/mol. The van der Waals surface area contributed by atoms with E-state index in [0.29, 0.717) is 0 Å². The second kappa shape index (κ2) is 3.89. The van der Waals surface area contributed by atoms with Crippen molar-refractivity contribution in [2.75, 3.05) is 6.67 Å². The monoisotopic (exact) mass is 125 g/mol. The maximum Gasteiger partial charge on any atom is 0.262 e. The zero-order valence-electron chi connectivity index (χ0n) is 3.35. The molecule has 0 spiro atoms. The fraction of sp³-hybridized carbons (Fsp3) is 0.500. The van der Waals surface area contributed by atoms with Crippen LogP contribution in [-0.2, 0) is 4.79 Å². The number of carbonyl (C=O) groups excluding carboxylic acids is 1. The largest absolute Gasteiger partial charge is 0.312 e. The van der Waals surface area contributed by atoms with Crippen molar-refractivity contribution in [1.29, 1.82) is 0 Å². The third kappa shape index (κ3) is 3.54. The molecule has 0 rings (SSSR count). The predicted octanol–water partition coefficient (Wildman–Crippen LogP) is 0.193. The number of carbonyl (C=O) groups is 1. The Bertz CT molecular complexity index is 68.7. The first-order valence-corrected chi connectivity index (χ1v) is 2.24. The minimum absolute atomic E-state index is 0.0948. The van der Waals surface area contributed by atoms with E-state index in [9.17, 15) is 9.18 Å². The second-order valence-electron chi connectivity index (χ2n) is 0.750. The lowest BCUT2D eigenvalue weighted by Gasteiger charge is -1.88. The molecule has 3 nitrogen and oxygen atoms in total. The van der Waals surface area contributed by atoms with Crippen molar-refractivity contribution in [2.24, 2.45) is 0 Å². The molecule has 0 radical (unpaired) electrons. The van der Waals surface area contributed by atoms with Gasteiger partial charge in [-0.05, 0) is 0 Å². The molecule has 0 bridgehead atoms. The molecule has 0 aliphatic carbocycles. The quantitative estimate of drug-likeness (QED) is 0.409. The summed E-state index contributed by atoms with van der Waals surface area (Å²) in [5, 5.41) is 0. The molecule has 0 aromatic rings. The number of amides is 1. The molecule has 0 saturated carbocycles. The lowest BCUT2D eigenvalue weighted by molar-refractivity contribution is -0.120. The fourth-order valence-corrected chi connectivity index (χ4v) is 0.235. The smallest absolute Gasteiger partial charge is 0.262 e. The van der Waals surface area contributed by atoms with Gasteiger partial charge in [0.2, 0.25) is 0 Å². The number of hydrogen-bond donors (Lipinski definition) is 2. The molecule has 7 heavy (non-hydrogen) atoms. The zero-order valence-corrected chi connectivity index (χ0v) is 4.17. The van der Waals surface area contributed by atoms with Gasteiger partial charge in [0.05, 0.1) is 0 Å². The van der Waals surface area contributed by atoms with Crippen LogP contribution in [0.5, 0.6) is 0 Å². The van der Waals surface area contributed by atoms with E-state index >= 15 is 0 Å². The minimum Gasteiger partial charge on any atom is -0.312 e. The number of alkyl halides is 1. The van der Waals surface area contributed by atoms with Crippen LogP contribution < -0.4 is 4.72 Å². The third-order valence-electron chi connectivity index (χ3n) is 0.281. The Morgan fingerprint density at radius 3 is 2.71 bits per heavy atom. The van der Waals surface area contributed by atoms with E-state index < -0.39 is 12.6 Å². The van der Waals surface area contributed by atoms with E-state index in [1.165, 1.54) is 0 Å². The number of rotatable bonds is 2. The fourth-order valence-electron chi connectivity index (χ4n) is 0.0782. The highest BCUT2D eigenvalue weighted by Crippen LogP contribution is 1.79. The average Bonchev–Trinajstić information content (AvgIpc) is 1.68. The zero-order chi connectivity index (χ0) is 5.70. The van der Waals surface area contributed by atoms with Gasteiger partial charge < -0.3 is 4.55 Å². The van der Waals surface area contributed by atoms with Gasteiger partial charge in [-0.25, -0.2) is 4.39 Å². The van der Waals surface area contributed by atoms with Gasteiger partial charge >= 0.3 is 0 Å². The van der Waals surface area contributed by atoms with Crippen LogP contribution in [0.4, 0.5) is 4.39 Å². The van der Waals surface area contributed by atoms with E-state index in [1.54, 1.807) is 4.72 Å². The van der Waals surface area contributed by atoms with Gasteiger partial charge in [0.15, 0.2) is 6.67 Å². The normalized spacial score (nSPS) is 8.29. The van der Waals surface area contributed by atoms with E-state index in [-0.39, 0.29) is 12.2 Å². The molecule has 0 heterocycles. The van der Waals surface area contributed by atoms with Gasteiger partial charge in [-0.2, -0.15) is 0 Å². The lowest BCUT2D eigenvalue weighted by atomic mass is 10.7. The van der Waals surface area contributed by atoms with Gasteiger partial charge in [0.1, 0.15) is 12.2 Å². The number of nitrogens with one attached hydrogen (secondary N) is 1. The van der Waals surface area contributed by atoms with Crippen molar-refractivity contribution in [3.05, 3.63) is 0 Å². The summed E-state index contributed by atoms with van der Waals surface area (Å²) < 4.78 is 20.6. The number of halogens is 1. The Morgan fingerprint density at radius 2 is 2.57 bits per heavy atom. The first-order chi connectivity index (χ1) is 3.31. The summed E-state index contributed by atoms with van der Waals surface area (Å²) in [5.41, 5.74) is 0. The molecule has 1 amide bonds. The maximum absolute atomic E-state index is 11.0. The third-order valence-corrected chi connectivity index (χ3v) is 0.600. The van der Waals surface area contributed by atoms with Crippen LogP contribution in [0.2, 0.25) is 0 Å². The van der Waals surface area contributed by atoms with Crippen molar-refractivity contribution < 1.29 is 13.7 Å². The molecule has 0 saturated heterocycles. The van der Waals surface area contributed by atoms with Crippen LogP contribution in [0, 0.1) is 0 Å². The Balaban J connectivity index is 3.00. The van der Waals surface area contributed by atoms with Gasteiger partial charge in [-0.15, -0.1) is 0 Å². The molecule has 0 aliphatic rings. The van der Waals surface area contributed by atoms with Gasteiger partial charge in [0, 0.05) is 0 Å². The lowest BCUT2D eigenvalue weighted by Crippen LogP contribution is -2.16. The van der Waals surface area contributed by atoms with E-state index in [0.717, 1.165) is 0 Å². The SMILES string of the molecule is O=C(CF)NSO. The molecule has 0 atom stereocenters. The van der Waals surface area contributed by atoms with Gasteiger partial charge in [-0.3, -0.25) is 9.52 Å². The molecule has 0 aromatic carbocycles. The Hall–Kier alpha value is -0.290. The first kappa shape index (κ1) is 6.71. The van der Waals surface area contributed by atoms with E-state index in [2.05, 4.69) is 0 Å². The molecular formula is C2H4FNO2S. The van der Waals surface area contributed by atoms with Crippen LogP contribution >= 0.6 is 12.2 Å². The van der Waals surface area contributed by atoms with Crippen molar-refractivity contribution >= 4 is 18.1 Å². The summed E-state index contributed by atoms with van der Waals surface area (Å²) in [6.07, 6.45) is 0. The summed E-state index contributed by atoms with van der Waals surface area (Å²) in [6.45, 7) is -1.09. The summed E-state index contributed by atoms with van der Waals surface area (Å²) in [6, 6.07) is 0. The summed E-state index contributed by atoms with van der Waals surface area (Å²) in [4.78, 5) is 9.74. The second-order valence-corrected chi connectivity index (χ2v) is 1.14. The maximum atomic E-state index is 11.0. The van der Waals surface area contributed by atoms with E-state index in [1.807, 2.05) is 0 Å². The van der Waals surface area contributed by atoms with Crippen molar-refractivity contribution in [3.8, 4) is 0 Å². The van der Waals surface area contributed by atoms with Gasteiger partial charge in [0.25, 0.3) is 5.91 Å². The standard InChI is InChI=1S/C2H4FNO2S/c3-1-2(5)4-7-6/h6H,1H2,(H,4,5). The molecule has 2 N–H and O–H groups in total. The van der Waals surface area contributed by atoms with Crippen molar-refractivity contribution in [3.63, 3.8) is 0 Å². The van der Waals surface area contributed by atoms with Crippen molar-refractivity contribution in [2.45, 2.75) is 0 Å². The molecule has 0 unspecified atom stereocenters. The molecule has 0 fully saturated rings. The van der Waals surface area contributed by atoms with E-state index in [4.69, 9.17) is 4.55 Å². The summed E-state index contributed by atoms with van der Waals surface area (Å²) in [5.74, 6) is -0.826. The van der Waals surface area contributed by atoms with Crippen LogP contribution in [0.25, 0.3) is 0 Å². The highest BCUT2D eigenvalue weighted by atomic mass is 32.2. The highest BCUT2D eigenvalue weighted by Gasteiger charge is 1.94.